The van der Waals surface area contributed by atoms with E-state index in [-0.39, 0.29) is 45.5 Å². The Hall–Kier alpha value is -5.37. The van der Waals surface area contributed by atoms with Gasteiger partial charge in [-0.2, -0.15) is 0 Å². The number of nitrogens with zero attached hydrogens (tertiary/aromatic N) is 10. The average Bonchev–Trinajstić information content (AvgIpc) is 3.61. The predicted octanol–water partition coefficient (Wildman–Crippen LogP) is 1.70. The number of ether oxygens (including phenoxy) is 8. The SMILES string of the molecule is CC(=O)O[C@@H]1CC[C@@H](CN(Cc2ccccc2)C(=O)OCc2ccccc2)O[C@@H]1O[C@@H]1C(N=[N+]=[N-])CC(N=[N+]=[N-])[C@H](O)[C@H]1O[C@@H]1O[C@H](CO)[C@@H](O[C@H]2O[C@@H](CN)[C@@H](O)[C@H](O)C2N=[N+]=[N-])[C@H]1O. The molecule has 66 heavy (non-hydrogen) atoms. The summed E-state index contributed by atoms with van der Waals surface area (Å²) in [5.74, 6) is -0.689. The van der Waals surface area contributed by atoms with Gasteiger partial charge >= 0.3 is 12.1 Å². The molecule has 26 heteroatoms. The molecular weight excluding hydrogens is 875 g/mol. The number of hydrogen-bond acceptors (Lipinski definition) is 19. The van der Waals surface area contributed by atoms with Crippen LogP contribution in [-0.2, 0) is 55.8 Å². The highest BCUT2D eigenvalue weighted by molar-refractivity contribution is 5.68. The van der Waals surface area contributed by atoms with Crippen LogP contribution >= 0.6 is 0 Å². The van der Waals surface area contributed by atoms with Crippen LogP contribution in [0.5, 0.6) is 0 Å². The summed E-state index contributed by atoms with van der Waals surface area (Å²) in [7, 11) is 0. The van der Waals surface area contributed by atoms with Gasteiger partial charge < -0.3 is 74.1 Å². The Balaban J connectivity index is 1.25. The third-order valence-corrected chi connectivity index (χ3v) is 11.6. The molecule has 1 saturated carbocycles. The lowest BCUT2D eigenvalue weighted by Gasteiger charge is -2.46. The van der Waals surface area contributed by atoms with Crippen LogP contribution in [0.15, 0.2) is 76.0 Å². The molecule has 3 unspecified atom stereocenters. The Kier molecular flexibility index (Phi) is 18.1. The predicted molar refractivity (Wildman–Crippen MR) is 222 cm³/mol. The molecular formula is C40H53N11O15. The second kappa shape index (κ2) is 23.9. The van der Waals surface area contributed by atoms with Gasteiger partial charge in [-0.3, -0.25) is 4.79 Å². The van der Waals surface area contributed by atoms with Gasteiger partial charge in [-0.15, -0.1) is 0 Å². The first-order valence-corrected chi connectivity index (χ1v) is 21.1. The van der Waals surface area contributed by atoms with Crippen LogP contribution in [-0.4, -0.2) is 166 Å². The van der Waals surface area contributed by atoms with Crippen LogP contribution in [0, 0.1) is 0 Å². The molecule has 3 heterocycles. The molecule has 2 aromatic carbocycles. The van der Waals surface area contributed by atoms with Crippen molar-refractivity contribution < 1.29 is 73.0 Å². The summed E-state index contributed by atoms with van der Waals surface area (Å²) in [5.41, 5.74) is 35.5. The monoisotopic (exact) mass is 927 g/mol. The van der Waals surface area contributed by atoms with Gasteiger partial charge in [0.25, 0.3) is 0 Å². The van der Waals surface area contributed by atoms with E-state index in [0.29, 0.717) is 0 Å². The van der Waals surface area contributed by atoms with Gasteiger partial charge in [0.15, 0.2) is 25.0 Å². The number of carbonyl (C=O) groups is 2. The molecule has 0 bridgehead atoms. The molecule has 3 aliphatic heterocycles. The molecule has 26 nitrogen and oxygen atoms in total. The summed E-state index contributed by atoms with van der Waals surface area (Å²) in [6.07, 6.45) is -21.4. The van der Waals surface area contributed by atoms with Gasteiger partial charge in [-0.05, 0) is 47.0 Å². The van der Waals surface area contributed by atoms with Gasteiger partial charge in [0.05, 0.1) is 49.7 Å². The lowest BCUT2D eigenvalue weighted by molar-refractivity contribution is -0.305. The first-order chi connectivity index (χ1) is 31.9. The number of carbonyl (C=O) groups excluding carboxylic acids is 2. The zero-order valence-electron chi connectivity index (χ0n) is 35.6. The minimum atomic E-state index is -1.84. The quantitative estimate of drug-likeness (QED) is 0.0536. The van der Waals surface area contributed by atoms with Crippen LogP contribution in [0.4, 0.5) is 4.79 Å². The van der Waals surface area contributed by atoms with E-state index in [2.05, 4.69) is 30.1 Å². The summed E-state index contributed by atoms with van der Waals surface area (Å²) < 4.78 is 47.8. The lowest BCUT2D eigenvalue weighted by Crippen LogP contribution is -2.61. The van der Waals surface area contributed by atoms with Crippen molar-refractivity contribution in [1.82, 2.24) is 4.90 Å². The van der Waals surface area contributed by atoms with Crippen molar-refractivity contribution in [3.63, 3.8) is 0 Å². The van der Waals surface area contributed by atoms with Gasteiger partial charge in [0.1, 0.15) is 49.3 Å². The topological polar surface area (TPSA) is 385 Å². The molecule has 3 saturated heterocycles. The van der Waals surface area contributed by atoms with Crippen LogP contribution in [0.2, 0.25) is 0 Å². The highest BCUT2D eigenvalue weighted by Gasteiger charge is 2.55. The number of aliphatic hydroxyl groups is 5. The van der Waals surface area contributed by atoms with Crippen molar-refractivity contribution in [3.05, 3.63) is 103 Å². The number of amides is 1. The summed E-state index contributed by atoms with van der Waals surface area (Å²) >= 11 is 0. The van der Waals surface area contributed by atoms with E-state index < -0.39 is 123 Å². The van der Waals surface area contributed by atoms with Crippen LogP contribution in [0.1, 0.15) is 37.3 Å². The highest BCUT2D eigenvalue weighted by atomic mass is 16.8. The molecule has 17 atom stereocenters. The fourth-order valence-corrected chi connectivity index (χ4v) is 8.32. The minimum absolute atomic E-state index is 0.00224. The summed E-state index contributed by atoms with van der Waals surface area (Å²) in [5, 5.41) is 65.8. The normalized spacial score (nSPS) is 35.3. The molecule has 7 N–H and O–H groups in total. The molecule has 0 radical (unpaired) electrons. The zero-order valence-corrected chi connectivity index (χ0v) is 35.6. The standard InChI is InChI=1S/C40H53N11O15/c1-20(53)60-26-13-12-23(17-51(16-21-8-4-2-5-9-21)40(58)59-19-22-10-6-3-7-11-22)61-37(26)64-34-25(46-49-43)14-24(45-48-42)30(54)36(34)66-39-33(57)35(28(18-52)63-39)65-38-29(47-50-44)32(56)31(55)27(15-41)62-38/h2-11,23-39,52,54-57H,12-19,41H2,1H3/t23-,24?,25?,26+,27-,28+,29?,30-,31+,32+,33+,34+,35+,36+,37+,38+,39-/m0/s1. The molecule has 358 valence electrons. The molecule has 2 aromatic rings. The third kappa shape index (κ3) is 12.3. The number of aliphatic hydroxyl groups excluding tert-OH is 5. The largest absolute Gasteiger partial charge is 0.457 e. The summed E-state index contributed by atoms with van der Waals surface area (Å²) in [6, 6.07) is 14.1. The highest BCUT2D eigenvalue weighted by Crippen LogP contribution is 2.38. The van der Waals surface area contributed by atoms with Crippen LogP contribution in [0.25, 0.3) is 31.3 Å². The van der Waals surface area contributed by atoms with Crippen LogP contribution in [0.3, 0.4) is 0 Å². The maximum atomic E-state index is 13.7. The fourth-order valence-electron chi connectivity index (χ4n) is 8.32. The Bertz CT molecular complexity index is 2050. The Morgan fingerprint density at radius 3 is 2.00 bits per heavy atom. The van der Waals surface area contributed by atoms with Crippen molar-refractivity contribution in [2.24, 2.45) is 21.1 Å². The van der Waals surface area contributed by atoms with E-state index in [1.165, 1.54) is 11.8 Å². The summed E-state index contributed by atoms with van der Waals surface area (Å²) in [6.45, 7) is 0.188. The third-order valence-electron chi connectivity index (χ3n) is 11.6. The van der Waals surface area contributed by atoms with Gasteiger partial charge in [0.2, 0.25) is 0 Å². The Morgan fingerprint density at radius 2 is 1.36 bits per heavy atom. The van der Waals surface area contributed by atoms with Crippen molar-refractivity contribution >= 4 is 12.1 Å². The molecule has 4 fully saturated rings. The van der Waals surface area contributed by atoms with Gasteiger partial charge in [-0.1, -0.05) is 76.0 Å². The van der Waals surface area contributed by atoms with Gasteiger partial charge in [0, 0.05) is 34.7 Å². The number of esters is 1. The zero-order chi connectivity index (χ0) is 47.3. The van der Waals surface area contributed by atoms with Crippen molar-refractivity contribution in [2.75, 3.05) is 19.7 Å². The smallest absolute Gasteiger partial charge is 0.410 e. The number of nitrogens with two attached hydrogens (primary N) is 1. The van der Waals surface area contributed by atoms with E-state index >= 15 is 0 Å². The van der Waals surface area contributed by atoms with Crippen molar-refractivity contribution in [3.8, 4) is 0 Å². The van der Waals surface area contributed by atoms with E-state index in [9.17, 15) is 51.7 Å². The van der Waals surface area contributed by atoms with E-state index in [1.807, 2.05) is 60.7 Å². The number of benzene rings is 2. The molecule has 6 rings (SSSR count). The first kappa shape index (κ1) is 50.1. The number of rotatable bonds is 18. The van der Waals surface area contributed by atoms with E-state index in [4.69, 9.17) is 43.6 Å². The number of hydrogen-bond donors (Lipinski definition) is 6. The molecule has 4 aliphatic rings. The fraction of sp³-hybridized carbons (Fsp3) is 0.650. The second-order valence-corrected chi connectivity index (χ2v) is 16.0. The molecule has 0 aromatic heterocycles. The van der Waals surface area contributed by atoms with Crippen molar-refractivity contribution in [1.29, 1.82) is 0 Å². The maximum absolute atomic E-state index is 13.7. The van der Waals surface area contributed by atoms with E-state index in [1.54, 1.807) is 0 Å². The molecule has 1 amide bonds. The van der Waals surface area contributed by atoms with Gasteiger partial charge in [-0.25, -0.2) is 4.79 Å². The van der Waals surface area contributed by atoms with Crippen LogP contribution < -0.4 is 5.73 Å². The average molecular weight is 928 g/mol. The Morgan fingerprint density at radius 1 is 0.742 bits per heavy atom. The van der Waals surface area contributed by atoms with Crippen molar-refractivity contribution in [2.45, 2.75) is 143 Å². The molecule has 1 aliphatic carbocycles. The summed E-state index contributed by atoms with van der Waals surface area (Å²) in [4.78, 5) is 35.9. The molecule has 0 spiro atoms. The lowest BCUT2D eigenvalue weighted by atomic mass is 9.84. The number of azide groups is 3. The second-order valence-electron chi connectivity index (χ2n) is 16.0. The maximum Gasteiger partial charge on any atom is 0.410 e. The first-order valence-electron chi connectivity index (χ1n) is 21.1. The minimum Gasteiger partial charge on any atom is -0.457 e. The Labute approximate surface area is 376 Å². The van der Waals surface area contributed by atoms with E-state index in [0.717, 1.165) is 11.1 Å².